The maximum Gasteiger partial charge on any atom is 0.252 e. The molecule has 1 aliphatic heterocycles. The summed E-state index contributed by atoms with van der Waals surface area (Å²) in [7, 11) is 0. The minimum absolute atomic E-state index is 0.000171. The number of azide groups is 1. The average Bonchev–Trinajstić information content (AvgIpc) is 3.30. The Balaban J connectivity index is 1.67. The van der Waals surface area contributed by atoms with Crippen LogP contribution in [0.15, 0.2) is 76.8 Å². The van der Waals surface area contributed by atoms with Gasteiger partial charge in [0.05, 0.1) is 13.2 Å². The van der Waals surface area contributed by atoms with E-state index in [2.05, 4.69) is 15.3 Å². The van der Waals surface area contributed by atoms with Crippen molar-refractivity contribution in [1.82, 2.24) is 5.32 Å². The molecule has 1 amide bonds. The summed E-state index contributed by atoms with van der Waals surface area (Å²) >= 11 is 0. The van der Waals surface area contributed by atoms with E-state index < -0.39 is 29.2 Å². The molecule has 208 valence electrons. The van der Waals surface area contributed by atoms with Crippen LogP contribution in [0.25, 0.3) is 10.4 Å². The number of aliphatic hydroxyl groups excluding tert-OH is 1. The first-order valence-electron chi connectivity index (χ1n) is 12.8. The molecule has 2 atom stereocenters. The van der Waals surface area contributed by atoms with Crippen LogP contribution in [0.2, 0.25) is 0 Å². The highest BCUT2D eigenvalue weighted by Crippen LogP contribution is 2.34. The van der Waals surface area contributed by atoms with Gasteiger partial charge in [0, 0.05) is 42.0 Å². The molecule has 0 unspecified atom stereocenters. The maximum absolute atomic E-state index is 14.3. The number of aliphatic imine (C=N–C) groups is 1. The number of rotatable bonds is 12. The van der Waals surface area contributed by atoms with Crippen molar-refractivity contribution in [3.05, 3.63) is 111 Å². The topological polar surface area (TPSA) is 129 Å². The third-order valence-corrected chi connectivity index (χ3v) is 6.66. The van der Waals surface area contributed by atoms with Gasteiger partial charge in [-0.1, -0.05) is 29.4 Å². The second kappa shape index (κ2) is 13.1. The molecule has 0 aliphatic carbocycles. The fraction of sp³-hybridized carbons (Fsp3) is 0.310. The zero-order valence-corrected chi connectivity index (χ0v) is 21.9. The lowest BCUT2D eigenvalue weighted by atomic mass is 9.84. The molecule has 0 saturated heterocycles. The van der Waals surface area contributed by atoms with Gasteiger partial charge in [0.2, 0.25) is 5.90 Å². The second-order valence-corrected chi connectivity index (χ2v) is 9.30. The third kappa shape index (κ3) is 6.56. The van der Waals surface area contributed by atoms with Gasteiger partial charge in [-0.25, -0.2) is 13.8 Å². The smallest absolute Gasteiger partial charge is 0.252 e. The van der Waals surface area contributed by atoms with E-state index in [-0.39, 0.29) is 37.6 Å². The summed E-state index contributed by atoms with van der Waals surface area (Å²) in [5.74, 6) is -0.933. The van der Waals surface area contributed by atoms with Crippen LogP contribution in [-0.4, -0.2) is 41.8 Å². The van der Waals surface area contributed by atoms with Crippen molar-refractivity contribution >= 4 is 11.8 Å². The number of halogens is 2. The van der Waals surface area contributed by atoms with E-state index in [9.17, 15) is 13.6 Å². The summed E-state index contributed by atoms with van der Waals surface area (Å²) in [6.07, 6.45) is -0.116. The van der Waals surface area contributed by atoms with Crippen LogP contribution < -0.4 is 10.1 Å². The van der Waals surface area contributed by atoms with Gasteiger partial charge in [-0.15, -0.1) is 0 Å². The number of hydrogen-bond acceptors (Lipinski definition) is 6. The first-order valence-corrected chi connectivity index (χ1v) is 12.8. The van der Waals surface area contributed by atoms with Crippen LogP contribution in [0.1, 0.15) is 35.6 Å². The van der Waals surface area contributed by atoms with Crippen molar-refractivity contribution in [3.63, 3.8) is 0 Å². The quantitative estimate of drug-likeness (QED) is 0.143. The van der Waals surface area contributed by atoms with Gasteiger partial charge in [-0.05, 0) is 66.0 Å². The second-order valence-electron chi connectivity index (χ2n) is 9.30. The fourth-order valence-corrected chi connectivity index (χ4v) is 4.43. The number of benzene rings is 3. The Labute approximate surface area is 230 Å². The number of hydrogen-bond donors (Lipinski definition) is 2. The Bertz CT molecular complexity index is 1430. The van der Waals surface area contributed by atoms with Crippen molar-refractivity contribution in [2.75, 3.05) is 13.2 Å². The molecule has 40 heavy (non-hydrogen) atoms. The summed E-state index contributed by atoms with van der Waals surface area (Å²) in [6, 6.07) is 17.3. The first-order chi connectivity index (χ1) is 19.4. The molecule has 1 heterocycles. The normalized spacial score (nSPS) is 17.9. The van der Waals surface area contributed by atoms with Gasteiger partial charge in [0.25, 0.3) is 5.91 Å². The molecular formula is C29H29F2N5O4. The number of carbonyl (C=O) groups is 1. The zero-order valence-electron chi connectivity index (χ0n) is 21.9. The van der Waals surface area contributed by atoms with Gasteiger partial charge in [0.15, 0.2) is 5.54 Å². The van der Waals surface area contributed by atoms with E-state index in [1.165, 1.54) is 0 Å². The number of carbonyl (C=O) groups excluding carboxylic acids is 1. The largest absolute Gasteiger partial charge is 0.494 e. The number of nitrogens with one attached hydrogen (secondary N) is 1. The molecule has 1 aliphatic rings. The van der Waals surface area contributed by atoms with Crippen LogP contribution in [0.5, 0.6) is 5.75 Å². The molecule has 3 aromatic carbocycles. The lowest BCUT2D eigenvalue weighted by Gasteiger charge is -2.29. The van der Waals surface area contributed by atoms with Gasteiger partial charge in [0.1, 0.15) is 23.5 Å². The van der Waals surface area contributed by atoms with Crippen molar-refractivity contribution in [1.29, 1.82) is 0 Å². The average molecular weight is 550 g/mol. The van der Waals surface area contributed by atoms with Crippen LogP contribution in [-0.2, 0) is 29.0 Å². The fourth-order valence-electron chi connectivity index (χ4n) is 4.43. The van der Waals surface area contributed by atoms with Crippen LogP contribution in [0.3, 0.4) is 0 Å². The molecule has 0 saturated carbocycles. The monoisotopic (exact) mass is 549 g/mol. The minimum Gasteiger partial charge on any atom is -0.494 e. The Kier molecular flexibility index (Phi) is 9.31. The molecule has 0 bridgehead atoms. The zero-order chi connectivity index (χ0) is 28.5. The Morgan fingerprint density at radius 1 is 1.15 bits per heavy atom. The number of nitrogens with zero attached hydrogens (tertiary/aromatic N) is 4. The first kappa shape index (κ1) is 28.5. The third-order valence-electron chi connectivity index (χ3n) is 6.66. The minimum atomic E-state index is -1.46. The van der Waals surface area contributed by atoms with Gasteiger partial charge in [-0.3, -0.25) is 4.79 Å². The highest BCUT2D eigenvalue weighted by atomic mass is 19.1. The molecule has 0 aromatic heterocycles. The number of ether oxygens (including phenoxy) is 2. The van der Waals surface area contributed by atoms with Crippen LogP contribution in [0.4, 0.5) is 8.78 Å². The van der Waals surface area contributed by atoms with Crippen LogP contribution >= 0.6 is 0 Å². The van der Waals surface area contributed by atoms with Crippen molar-refractivity contribution in [2.24, 2.45) is 10.1 Å². The molecule has 0 spiro atoms. The summed E-state index contributed by atoms with van der Waals surface area (Å²) in [6.45, 7) is 1.96. The van der Waals surface area contributed by atoms with Gasteiger partial charge < -0.3 is 19.9 Å². The molecule has 11 heteroatoms. The molecule has 4 rings (SSSR count). The highest BCUT2D eigenvalue weighted by molar-refractivity contribution is 6.01. The maximum atomic E-state index is 14.3. The van der Waals surface area contributed by atoms with E-state index in [1.54, 1.807) is 43.3 Å². The van der Waals surface area contributed by atoms with Crippen molar-refractivity contribution in [2.45, 2.75) is 44.5 Å². The highest BCUT2D eigenvalue weighted by Gasteiger charge is 2.50. The molecular weight excluding hydrogens is 520 g/mol. The van der Waals surface area contributed by atoms with E-state index >= 15 is 0 Å². The summed E-state index contributed by atoms with van der Waals surface area (Å²) < 4.78 is 39.7. The van der Waals surface area contributed by atoms with Crippen molar-refractivity contribution in [3.8, 4) is 5.75 Å². The number of aliphatic hydroxyl groups is 1. The van der Waals surface area contributed by atoms with Crippen LogP contribution in [0, 0.1) is 11.6 Å². The summed E-state index contributed by atoms with van der Waals surface area (Å²) in [5.41, 5.74) is 9.44. The molecule has 0 radical (unpaired) electrons. The Hall–Kier alpha value is -4.47. The molecule has 2 N–H and O–H groups in total. The van der Waals surface area contributed by atoms with E-state index in [0.717, 1.165) is 29.3 Å². The SMILES string of the molecule is C[C@H]1OC(c2ccc(OCCCO)cc2)=N[C@@]1(Cc1ccccc1CN=[N+]=[N-])C(=O)NCc1cc(F)ccc1F. The van der Waals surface area contributed by atoms with E-state index in [4.69, 9.17) is 25.1 Å². The summed E-state index contributed by atoms with van der Waals surface area (Å²) in [5, 5.41) is 15.3. The number of amides is 1. The Morgan fingerprint density at radius 3 is 2.62 bits per heavy atom. The van der Waals surface area contributed by atoms with E-state index in [0.29, 0.717) is 24.3 Å². The summed E-state index contributed by atoms with van der Waals surface area (Å²) in [4.78, 5) is 21.4. The van der Waals surface area contributed by atoms with Gasteiger partial charge >= 0.3 is 0 Å². The Morgan fingerprint density at radius 2 is 1.90 bits per heavy atom. The lowest BCUT2D eigenvalue weighted by Crippen LogP contribution is -2.52. The predicted molar refractivity (Wildman–Crippen MR) is 145 cm³/mol. The van der Waals surface area contributed by atoms with Gasteiger partial charge in [-0.2, -0.15) is 0 Å². The standard InChI is InChI=1S/C29H29F2N5O4/c1-19-29(16-21-5-2-3-6-22(21)18-34-36-32,28(38)33-17-23-15-24(30)9-12-26(23)31)35-27(40-19)20-7-10-25(11-8-20)39-14-4-13-37/h2-3,5-12,15,19,37H,4,13-14,16-18H2,1H3,(H,33,38)/t19-,29-/m1/s1. The molecule has 0 fully saturated rings. The van der Waals surface area contributed by atoms with Crippen molar-refractivity contribution < 1.29 is 28.2 Å². The van der Waals surface area contributed by atoms with E-state index in [1.807, 2.05) is 12.1 Å². The lowest BCUT2D eigenvalue weighted by molar-refractivity contribution is -0.128. The molecule has 3 aromatic rings. The predicted octanol–water partition coefficient (Wildman–Crippen LogP) is 5.00. The molecule has 9 nitrogen and oxygen atoms in total.